The number of aryl methyl sites for hydroxylation is 3. The van der Waals surface area contributed by atoms with Crippen LogP contribution in [0.25, 0.3) is 0 Å². The topological polar surface area (TPSA) is 83.6 Å². The van der Waals surface area contributed by atoms with Crippen LogP contribution in [0.3, 0.4) is 0 Å². The molecular weight excluding hydrogens is 318 g/mol. The minimum atomic E-state index is -0.0439. The van der Waals surface area contributed by atoms with Crippen molar-refractivity contribution in [3.8, 4) is 0 Å². The number of hydrogen-bond acceptors (Lipinski definition) is 6. The highest BCUT2D eigenvalue weighted by Crippen LogP contribution is 2.29. The van der Waals surface area contributed by atoms with E-state index in [1.54, 1.807) is 11.3 Å². The molecule has 0 spiro atoms. The first kappa shape index (κ1) is 15.5. The Kier molecular flexibility index (Phi) is 4.77. The minimum Gasteiger partial charge on any atom is -0.346 e. The van der Waals surface area contributed by atoms with Crippen molar-refractivity contribution in [1.82, 2.24) is 25.5 Å². The van der Waals surface area contributed by atoms with Gasteiger partial charge >= 0.3 is 0 Å². The molecule has 1 unspecified atom stereocenters. The largest absolute Gasteiger partial charge is 0.346 e. The fourth-order valence-electron chi connectivity index (χ4n) is 2.42. The van der Waals surface area contributed by atoms with Crippen LogP contribution in [-0.2, 0) is 17.6 Å². The molecule has 0 aromatic carbocycles. The van der Waals surface area contributed by atoms with Crippen LogP contribution in [0.1, 0.15) is 47.2 Å². The number of carbonyl (C=O) groups is 1. The molecule has 2 N–H and O–H groups in total. The van der Waals surface area contributed by atoms with E-state index in [-0.39, 0.29) is 11.9 Å². The number of thioether (sulfide) groups is 1. The number of rotatable bonds is 5. The molecule has 2 aromatic heterocycles. The van der Waals surface area contributed by atoms with Crippen molar-refractivity contribution in [1.29, 1.82) is 0 Å². The standard InChI is InChI=1S/C14H19N5OS2/c1-8(13-17-10-5-3-4-6-11(10)22-13)15-12(20)7-21-14-16-9(2)18-19-14/h8H,3-7H2,1-2H3,(H,15,20)(H,16,18,19). The van der Waals surface area contributed by atoms with E-state index in [0.29, 0.717) is 10.9 Å². The molecule has 22 heavy (non-hydrogen) atoms. The molecule has 0 saturated carbocycles. The Balaban J connectivity index is 1.53. The highest BCUT2D eigenvalue weighted by molar-refractivity contribution is 7.99. The van der Waals surface area contributed by atoms with E-state index in [4.69, 9.17) is 4.98 Å². The maximum atomic E-state index is 12.0. The summed E-state index contributed by atoms with van der Waals surface area (Å²) in [7, 11) is 0. The minimum absolute atomic E-state index is 0.0203. The zero-order chi connectivity index (χ0) is 15.5. The van der Waals surface area contributed by atoms with Crippen LogP contribution in [-0.4, -0.2) is 31.8 Å². The van der Waals surface area contributed by atoms with E-state index in [0.717, 1.165) is 23.7 Å². The van der Waals surface area contributed by atoms with Crippen LogP contribution >= 0.6 is 23.1 Å². The average molecular weight is 337 g/mol. The molecule has 0 bridgehead atoms. The lowest BCUT2D eigenvalue weighted by molar-refractivity contribution is -0.119. The molecule has 1 aliphatic carbocycles. The van der Waals surface area contributed by atoms with Gasteiger partial charge in [-0.05, 0) is 39.5 Å². The molecule has 1 amide bonds. The van der Waals surface area contributed by atoms with E-state index < -0.39 is 0 Å². The van der Waals surface area contributed by atoms with Gasteiger partial charge in [0.15, 0.2) is 0 Å². The number of fused-ring (bicyclic) bond motifs is 1. The monoisotopic (exact) mass is 337 g/mol. The van der Waals surface area contributed by atoms with Gasteiger partial charge < -0.3 is 5.32 Å². The first-order valence-electron chi connectivity index (χ1n) is 7.41. The van der Waals surface area contributed by atoms with Gasteiger partial charge in [0, 0.05) is 4.88 Å². The molecule has 0 fully saturated rings. The predicted octanol–water partition coefficient (Wildman–Crippen LogP) is 2.42. The van der Waals surface area contributed by atoms with Gasteiger partial charge in [-0.25, -0.2) is 9.97 Å². The maximum absolute atomic E-state index is 12.0. The summed E-state index contributed by atoms with van der Waals surface area (Å²) in [5.41, 5.74) is 1.23. The molecule has 3 rings (SSSR count). The molecular formula is C14H19N5OS2. The highest BCUT2D eigenvalue weighted by Gasteiger charge is 2.19. The van der Waals surface area contributed by atoms with Crippen LogP contribution in [0, 0.1) is 6.92 Å². The van der Waals surface area contributed by atoms with E-state index in [2.05, 4.69) is 20.5 Å². The molecule has 2 heterocycles. The fraction of sp³-hybridized carbons (Fsp3) is 0.571. The number of thiazole rings is 1. The molecule has 1 aliphatic rings. The van der Waals surface area contributed by atoms with Gasteiger partial charge in [-0.1, -0.05) is 11.8 Å². The zero-order valence-corrected chi connectivity index (χ0v) is 14.3. The maximum Gasteiger partial charge on any atom is 0.231 e. The molecule has 2 aromatic rings. The Morgan fingerprint density at radius 2 is 2.23 bits per heavy atom. The zero-order valence-electron chi connectivity index (χ0n) is 12.7. The average Bonchev–Trinajstić information content (AvgIpc) is 3.11. The summed E-state index contributed by atoms with van der Waals surface area (Å²) in [4.78, 5) is 22.3. The first-order valence-corrected chi connectivity index (χ1v) is 9.21. The normalized spacial score (nSPS) is 15.4. The lowest BCUT2D eigenvalue weighted by atomic mass is 10.0. The number of hydrogen-bond donors (Lipinski definition) is 2. The third-order valence-corrected chi connectivity index (χ3v) is 5.71. The van der Waals surface area contributed by atoms with Gasteiger partial charge in [-0.2, -0.15) is 0 Å². The number of aromatic nitrogens is 4. The first-order chi connectivity index (χ1) is 10.6. The predicted molar refractivity (Wildman–Crippen MR) is 87.2 cm³/mol. The smallest absolute Gasteiger partial charge is 0.231 e. The second-order valence-corrected chi connectivity index (χ2v) is 7.47. The molecule has 0 radical (unpaired) electrons. The number of aromatic amines is 1. The van der Waals surface area contributed by atoms with Gasteiger partial charge in [0.25, 0.3) is 0 Å². The van der Waals surface area contributed by atoms with Crippen LogP contribution in [0.15, 0.2) is 5.16 Å². The summed E-state index contributed by atoms with van der Waals surface area (Å²) in [6.45, 7) is 3.83. The summed E-state index contributed by atoms with van der Waals surface area (Å²) in [6, 6.07) is -0.0439. The lowest BCUT2D eigenvalue weighted by Gasteiger charge is -2.10. The SMILES string of the molecule is Cc1nc(SCC(=O)NC(C)c2nc3c(s2)CCCC3)n[nH]1. The molecule has 1 atom stereocenters. The van der Waals surface area contributed by atoms with E-state index in [9.17, 15) is 4.79 Å². The highest BCUT2D eigenvalue weighted by atomic mass is 32.2. The summed E-state index contributed by atoms with van der Waals surface area (Å²) < 4.78 is 0. The van der Waals surface area contributed by atoms with Crippen molar-refractivity contribution < 1.29 is 4.79 Å². The number of nitrogens with zero attached hydrogens (tertiary/aromatic N) is 3. The molecule has 6 nitrogen and oxygen atoms in total. The quantitative estimate of drug-likeness (QED) is 0.819. The van der Waals surface area contributed by atoms with Crippen LogP contribution in [0.4, 0.5) is 0 Å². The van der Waals surface area contributed by atoms with Crippen molar-refractivity contribution in [2.75, 3.05) is 5.75 Å². The Morgan fingerprint density at radius 3 is 2.95 bits per heavy atom. The summed E-state index contributed by atoms with van der Waals surface area (Å²) in [6.07, 6.45) is 4.69. The third kappa shape index (κ3) is 3.67. The van der Waals surface area contributed by atoms with Crippen molar-refractivity contribution in [2.24, 2.45) is 0 Å². The number of carbonyl (C=O) groups excluding carboxylic acids is 1. The molecule has 0 saturated heterocycles. The number of amides is 1. The van der Waals surface area contributed by atoms with E-state index in [1.807, 2.05) is 13.8 Å². The number of H-pyrrole nitrogens is 1. The van der Waals surface area contributed by atoms with Crippen LogP contribution in [0.2, 0.25) is 0 Å². The molecule has 118 valence electrons. The van der Waals surface area contributed by atoms with Crippen LogP contribution in [0.5, 0.6) is 0 Å². The lowest BCUT2D eigenvalue weighted by Crippen LogP contribution is -2.28. The Bertz CT molecular complexity index is 642. The second-order valence-electron chi connectivity index (χ2n) is 5.41. The van der Waals surface area contributed by atoms with Gasteiger partial charge in [0.1, 0.15) is 10.8 Å². The Morgan fingerprint density at radius 1 is 1.41 bits per heavy atom. The molecule has 0 aliphatic heterocycles. The van der Waals surface area contributed by atoms with Crippen molar-refractivity contribution >= 4 is 29.0 Å². The van der Waals surface area contributed by atoms with Gasteiger partial charge in [-0.15, -0.1) is 16.4 Å². The second kappa shape index (κ2) is 6.78. The fourth-order valence-corrected chi connectivity index (χ4v) is 4.23. The summed E-state index contributed by atoms with van der Waals surface area (Å²) >= 11 is 3.07. The van der Waals surface area contributed by atoms with E-state index >= 15 is 0 Å². The van der Waals surface area contributed by atoms with Gasteiger partial charge in [-0.3, -0.25) is 9.89 Å². The van der Waals surface area contributed by atoms with Crippen molar-refractivity contribution in [3.05, 3.63) is 21.4 Å². The van der Waals surface area contributed by atoms with Gasteiger partial charge in [0.2, 0.25) is 11.1 Å². The van der Waals surface area contributed by atoms with Crippen LogP contribution < -0.4 is 5.32 Å². The third-order valence-electron chi connectivity index (χ3n) is 3.52. The Hall–Kier alpha value is -1.41. The number of nitrogens with one attached hydrogen (secondary N) is 2. The van der Waals surface area contributed by atoms with Crippen molar-refractivity contribution in [3.63, 3.8) is 0 Å². The summed E-state index contributed by atoms with van der Waals surface area (Å²) in [5, 5.41) is 11.4. The molecule has 8 heteroatoms. The Labute approximate surface area is 137 Å². The van der Waals surface area contributed by atoms with Crippen molar-refractivity contribution in [2.45, 2.75) is 50.7 Å². The van der Waals surface area contributed by atoms with Gasteiger partial charge in [0.05, 0.1) is 17.5 Å². The summed E-state index contributed by atoms with van der Waals surface area (Å²) in [5.74, 6) is 1.05. The van der Waals surface area contributed by atoms with E-state index in [1.165, 1.54) is 35.2 Å².